The SMILES string of the molecule is O=C1CCCCN1.c1conn1. The van der Waals surface area contributed by atoms with Gasteiger partial charge in [0.25, 0.3) is 0 Å². The summed E-state index contributed by atoms with van der Waals surface area (Å²) in [5, 5.41) is 9.15. The number of rotatable bonds is 0. The molecule has 1 N–H and O–H groups in total. The van der Waals surface area contributed by atoms with Gasteiger partial charge in [-0.25, -0.2) is 0 Å². The highest BCUT2D eigenvalue weighted by atomic mass is 16.5. The van der Waals surface area contributed by atoms with E-state index in [1.54, 1.807) is 0 Å². The zero-order valence-corrected chi connectivity index (χ0v) is 6.69. The fourth-order valence-corrected chi connectivity index (χ4v) is 0.863. The number of amides is 1. The first-order chi connectivity index (χ1) is 5.89. The summed E-state index contributed by atoms with van der Waals surface area (Å²) >= 11 is 0. The second kappa shape index (κ2) is 5.29. The molecule has 2 heterocycles. The number of piperidine rings is 1. The van der Waals surface area contributed by atoms with E-state index in [-0.39, 0.29) is 5.91 Å². The van der Waals surface area contributed by atoms with Gasteiger partial charge in [0.15, 0.2) is 0 Å². The second-order valence-corrected chi connectivity index (χ2v) is 2.39. The average Bonchev–Trinajstić information content (AvgIpc) is 2.62. The average molecular weight is 169 g/mol. The highest BCUT2D eigenvalue weighted by Crippen LogP contribution is 1.98. The van der Waals surface area contributed by atoms with E-state index in [0.29, 0.717) is 0 Å². The number of nitrogens with one attached hydrogen (secondary N) is 1. The predicted molar refractivity (Wildman–Crippen MR) is 41.2 cm³/mol. The van der Waals surface area contributed by atoms with E-state index >= 15 is 0 Å². The molecular weight excluding hydrogens is 158 g/mol. The number of aromatic nitrogens is 2. The van der Waals surface area contributed by atoms with Crippen molar-refractivity contribution in [2.24, 2.45) is 0 Å². The number of hydrogen-bond donors (Lipinski definition) is 1. The normalized spacial score (nSPS) is 15.8. The third-order valence-corrected chi connectivity index (χ3v) is 1.44. The van der Waals surface area contributed by atoms with E-state index in [0.717, 1.165) is 25.8 Å². The Morgan fingerprint density at radius 1 is 1.50 bits per heavy atom. The molecule has 0 unspecified atom stereocenters. The van der Waals surface area contributed by atoms with Crippen molar-refractivity contribution in [3.05, 3.63) is 12.5 Å². The minimum Gasteiger partial charge on any atom is -0.356 e. The van der Waals surface area contributed by atoms with Crippen LogP contribution in [0.3, 0.4) is 0 Å². The van der Waals surface area contributed by atoms with E-state index in [1.807, 2.05) is 0 Å². The lowest BCUT2D eigenvalue weighted by Gasteiger charge is -2.08. The molecule has 12 heavy (non-hydrogen) atoms. The van der Waals surface area contributed by atoms with Crippen LogP contribution in [0.15, 0.2) is 17.0 Å². The summed E-state index contributed by atoms with van der Waals surface area (Å²) < 4.78 is 4.22. The van der Waals surface area contributed by atoms with Crippen LogP contribution in [-0.2, 0) is 4.79 Å². The van der Waals surface area contributed by atoms with Crippen LogP contribution in [0.25, 0.3) is 0 Å². The second-order valence-electron chi connectivity index (χ2n) is 2.39. The van der Waals surface area contributed by atoms with Crippen molar-refractivity contribution in [1.29, 1.82) is 0 Å². The van der Waals surface area contributed by atoms with E-state index in [9.17, 15) is 4.79 Å². The topological polar surface area (TPSA) is 68.0 Å². The fourth-order valence-electron chi connectivity index (χ4n) is 0.863. The zero-order chi connectivity index (χ0) is 8.65. The molecule has 5 nitrogen and oxygen atoms in total. The maximum atomic E-state index is 10.4. The lowest BCUT2D eigenvalue weighted by atomic mass is 10.2. The molecule has 1 saturated heterocycles. The van der Waals surface area contributed by atoms with Crippen LogP contribution in [0, 0.1) is 0 Å². The van der Waals surface area contributed by atoms with Gasteiger partial charge in [0.05, 0.1) is 6.20 Å². The molecule has 0 bridgehead atoms. The molecule has 0 aliphatic carbocycles. The van der Waals surface area contributed by atoms with Gasteiger partial charge in [-0.3, -0.25) is 4.79 Å². The molecule has 0 atom stereocenters. The third-order valence-electron chi connectivity index (χ3n) is 1.44. The lowest BCUT2D eigenvalue weighted by Crippen LogP contribution is -2.28. The summed E-state index contributed by atoms with van der Waals surface area (Å²) in [5.41, 5.74) is 0. The Kier molecular flexibility index (Phi) is 3.83. The Labute approximate surface area is 70.1 Å². The smallest absolute Gasteiger partial charge is 0.219 e. The first-order valence-electron chi connectivity index (χ1n) is 3.87. The van der Waals surface area contributed by atoms with Gasteiger partial charge in [0.1, 0.15) is 6.26 Å². The first-order valence-corrected chi connectivity index (χ1v) is 3.87. The van der Waals surface area contributed by atoms with Crippen LogP contribution in [0.4, 0.5) is 0 Å². The van der Waals surface area contributed by atoms with E-state index in [4.69, 9.17) is 0 Å². The summed E-state index contributed by atoms with van der Waals surface area (Å²) in [6, 6.07) is 0. The van der Waals surface area contributed by atoms with Gasteiger partial charge < -0.3 is 9.84 Å². The zero-order valence-electron chi connectivity index (χ0n) is 6.69. The highest BCUT2D eigenvalue weighted by molar-refractivity contribution is 5.76. The minimum absolute atomic E-state index is 0.214. The molecule has 0 aromatic carbocycles. The van der Waals surface area contributed by atoms with Crippen molar-refractivity contribution >= 4 is 5.91 Å². The van der Waals surface area contributed by atoms with Gasteiger partial charge in [-0.1, -0.05) is 0 Å². The monoisotopic (exact) mass is 169 g/mol. The maximum absolute atomic E-state index is 10.4. The van der Waals surface area contributed by atoms with Crippen LogP contribution < -0.4 is 5.32 Å². The van der Waals surface area contributed by atoms with E-state index in [1.165, 1.54) is 12.5 Å². The molecule has 0 spiro atoms. The largest absolute Gasteiger partial charge is 0.356 e. The maximum Gasteiger partial charge on any atom is 0.219 e. The molecule has 66 valence electrons. The van der Waals surface area contributed by atoms with Crippen molar-refractivity contribution in [2.75, 3.05) is 6.54 Å². The van der Waals surface area contributed by atoms with Crippen LogP contribution >= 0.6 is 0 Å². The Balaban J connectivity index is 0.000000127. The van der Waals surface area contributed by atoms with Gasteiger partial charge in [-0.05, 0) is 12.8 Å². The lowest BCUT2D eigenvalue weighted by molar-refractivity contribution is -0.122. The van der Waals surface area contributed by atoms with E-state index < -0.39 is 0 Å². The summed E-state index contributed by atoms with van der Waals surface area (Å²) in [6.07, 6.45) is 5.84. The van der Waals surface area contributed by atoms with Gasteiger partial charge >= 0.3 is 0 Å². The third kappa shape index (κ3) is 3.70. The summed E-state index contributed by atoms with van der Waals surface area (Å²) in [6.45, 7) is 0.888. The molecule has 1 amide bonds. The Morgan fingerprint density at radius 3 is 2.67 bits per heavy atom. The number of nitrogens with zero attached hydrogens (tertiary/aromatic N) is 2. The molecule has 1 aromatic heterocycles. The molecule has 1 aromatic rings. The molecule has 0 saturated carbocycles. The molecule has 0 radical (unpaired) electrons. The summed E-state index contributed by atoms with van der Waals surface area (Å²) in [5.74, 6) is 0.214. The Bertz CT molecular complexity index is 185. The van der Waals surface area contributed by atoms with Crippen LogP contribution in [0.1, 0.15) is 19.3 Å². The molecular formula is C7H11N3O2. The van der Waals surface area contributed by atoms with Crippen molar-refractivity contribution < 1.29 is 9.32 Å². The van der Waals surface area contributed by atoms with Crippen molar-refractivity contribution in [3.8, 4) is 0 Å². The van der Waals surface area contributed by atoms with Crippen molar-refractivity contribution in [1.82, 2.24) is 15.7 Å². The Morgan fingerprint density at radius 2 is 2.42 bits per heavy atom. The molecule has 1 fully saturated rings. The standard InChI is InChI=1S/C5H9NO.C2H2N2O/c7-5-3-1-2-4-6-5;1-2-5-4-3-1/h1-4H2,(H,6,7);1-2H. The van der Waals surface area contributed by atoms with Gasteiger partial charge in [0.2, 0.25) is 5.91 Å². The minimum atomic E-state index is 0.214. The molecule has 1 aliphatic heterocycles. The van der Waals surface area contributed by atoms with Gasteiger partial charge in [-0.2, -0.15) is 0 Å². The summed E-state index contributed by atoms with van der Waals surface area (Å²) in [7, 11) is 0. The van der Waals surface area contributed by atoms with Crippen molar-refractivity contribution in [2.45, 2.75) is 19.3 Å². The van der Waals surface area contributed by atoms with Crippen LogP contribution in [0.2, 0.25) is 0 Å². The first kappa shape index (κ1) is 8.70. The molecule has 5 heteroatoms. The molecule has 2 rings (SSSR count). The number of hydrogen-bond acceptors (Lipinski definition) is 4. The van der Waals surface area contributed by atoms with Crippen molar-refractivity contribution in [3.63, 3.8) is 0 Å². The summed E-state index contributed by atoms with van der Waals surface area (Å²) in [4.78, 5) is 10.4. The highest BCUT2D eigenvalue weighted by Gasteiger charge is 2.04. The van der Waals surface area contributed by atoms with Gasteiger partial charge in [0, 0.05) is 18.2 Å². The quantitative estimate of drug-likeness (QED) is 0.608. The Hall–Kier alpha value is -1.39. The fraction of sp³-hybridized carbons (Fsp3) is 0.571. The number of carbonyl (C=O) groups is 1. The predicted octanol–water partition coefficient (Wildman–Crippen LogP) is 0.356. The van der Waals surface area contributed by atoms with Crippen LogP contribution in [0.5, 0.6) is 0 Å². The van der Waals surface area contributed by atoms with Gasteiger partial charge in [-0.15, -0.1) is 5.10 Å². The van der Waals surface area contributed by atoms with E-state index in [2.05, 4.69) is 20.2 Å². The number of carbonyl (C=O) groups excluding carboxylic acids is 1. The molecule has 1 aliphatic rings. The van der Waals surface area contributed by atoms with Crippen LogP contribution in [-0.4, -0.2) is 22.8 Å².